The van der Waals surface area contributed by atoms with Gasteiger partial charge in [0.25, 0.3) is 5.91 Å². The maximum atomic E-state index is 12.7. The molecule has 4 atom stereocenters. The summed E-state index contributed by atoms with van der Waals surface area (Å²) in [5.74, 6) is -0.390. The Kier molecular flexibility index (Phi) is 8.73. The van der Waals surface area contributed by atoms with Crippen molar-refractivity contribution in [1.29, 1.82) is 0 Å². The first-order valence-electron chi connectivity index (χ1n) is 10.0. The van der Waals surface area contributed by atoms with Gasteiger partial charge in [-0.2, -0.15) is 0 Å². The number of rotatable bonds is 8. The zero-order valence-corrected chi connectivity index (χ0v) is 18.0. The first-order chi connectivity index (χ1) is 13.3. The molecule has 0 aromatic heterocycles. The molecule has 7 heteroatoms. The molecule has 1 aliphatic rings. The third-order valence-corrected chi connectivity index (χ3v) is 5.36. The molecule has 6 nitrogen and oxygen atoms in total. The highest BCUT2D eigenvalue weighted by Crippen LogP contribution is 2.13. The van der Waals surface area contributed by atoms with Gasteiger partial charge < -0.3 is 15.4 Å². The average Bonchev–Trinajstić information content (AvgIpc) is 2.65. The van der Waals surface area contributed by atoms with E-state index >= 15 is 0 Å². The largest absolute Gasteiger partial charge is 0.373 e. The molecular formula is C21H32ClN3O3. The second-order valence-electron chi connectivity index (χ2n) is 7.65. The lowest BCUT2D eigenvalue weighted by Gasteiger charge is -2.35. The van der Waals surface area contributed by atoms with Crippen LogP contribution in [0.1, 0.15) is 44.5 Å². The van der Waals surface area contributed by atoms with E-state index in [0.717, 1.165) is 26.1 Å². The molecular weight excluding hydrogens is 378 g/mol. The highest BCUT2D eigenvalue weighted by molar-refractivity contribution is 6.30. The SMILES string of the molecule is CCC(C)C(NC(=O)c1ccc(Cl)cc1)C(=O)NCCN1CC(C)OC(C)C1. The molecule has 28 heavy (non-hydrogen) atoms. The Hall–Kier alpha value is -1.63. The number of nitrogens with one attached hydrogen (secondary N) is 2. The lowest BCUT2D eigenvalue weighted by Crippen LogP contribution is -2.52. The summed E-state index contributed by atoms with van der Waals surface area (Å²) in [6.07, 6.45) is 1.19. The van der Waals surface area contributed by atoms with Crippen molar-refractivity contribution in [2.45, 2.75) is 52.4 Å². The molecule has 0 radical (unpaired) electrons. The Morgan fingerprint density at radius 2 is 1.82 bits per heavy atom. The van der Waals surface area contributed by atoms with Gasteiger partial charge >= 0.3 is 0 Å². The van der Waals surface area contributed by atoms with Crippen LogP contribution in [0, 0.1) is 5.92 Å². The Morgan fingerprint density at radius 3 is 2.39 bits per heavy atom. The van der Waals surface area contributed by atoms with Crippen LogP contribution in [0.3, 0.4) is 0 Å². The maximum Gasteiger partial charge on any atom is 0.251 e. The molecule has 2 amide bonds. The van der Waals surface area contributed by atoms with E-state index in [4.69, 9.17) is 16.3 Å². The van der Waals surface area contributed by atoms with E-state index < -0.39 is 6.04 Å². The van der Waals surface area contributed by atoms with E-state index in [2.05, 4.69) is 29.4 Å². The summed E-state index contributed by atoms with van der Waals surface area (Å²) in [4.78, 5) is 27.6. The fourth-order valence-corrected chi connectivity index (χ4v) is 3.57. The van der Waals surface area contributed by atoms with E-state index in [0.29, 0.717) is 17.1 Å². The van der Waals surface area contributed by atoms with Crippen LogP contribution in [-0.4, -0.2) is 61.1 Å². The van der Waals surface area contributed by atoms with Crippen LogP contribution in [0.5, 0.6) is 0 Å². The van der Waals surface area contributed by atoms with Gasteiger partial charge in [0.2, 0.25) is 5.91 Å². The predicted octanol–water partition coefficient (Wildman–Crippen LogP) is 2.71. The van der Waals surface area contributed by atoms with E-state index in [9.17, 15) is 9.59 Å². The zero-order valence-electron chi connectivity index (χ0n) is 17.2. The van der Waals surface area contributed by atoms with Crippen LogP contribution in [0.15, 0.2) is 24.3 Å². The zero-order chi connectivity index (χ0) is 20.7. The number of carbonyl (C=O) groups is 2. The lowest BCUT2D eigenvalue weighted by molar-refractivity contribution is -0.124. The molecule has 2 N–H and O–H groups in total. The number of amides is 2. The number of hydrogen-bond donors (Lipinski definition) is 2. The molecule has 1 aromatic carbocycles. The molecule has 2 rings (SSSR count). The summed E-state index contributed by atoms with van der Waals surface area (Å²) in [5, 5.41) is 6.43. The Labute approximate surface area is 172 Å². The Bertz CT molecular complexity index is 643. The van der Waals surface area contributed by atoms with Crippen molar-refractivity contribution in [3.8, 4) is 0 Å². The van der Waals surface area contributed by atoms with Crippen LogP contribution < -0.4 is 10.6 Å². The van der Waals surface area contributed by atoms with Crippen molar-refractivity contribution in [2.75, 3.05) is 26.2 Å². The molecule has 0 saturated carbocycles. The lowest BCUT2D eigenvalue weighted by atomic mass is 9.98. The summed E-state index contributed by atoms with van der Waals surface area (Å²) < 4.78 is 5.74. The second kappa shape index (κ2) is 10.8. The van der Waals surface area contributed by atoms with Crippen LogP contribution in [-0.2, 0) is 9.53 Å². The van der Waals surface area contributed by atoms with Crippen molar-refractivity contribution in [2.24, 2.45) is 5.92 Å². The van der Waals surface area contributed by atoms with Gasteiger partial charge in [-0.1, -0.05) is 31.9 Å². The number of ether oxygens (including phenoxy) is 1. The second-order valence-corrected chi connectivity index (χ2v) is 8.09. The van der Waals surface area contributed by atoms with Crippen LogP contribution in [0.2, 0.25) is 5.02 Å². The number of nitrogens with zero attached hydrogens (tertiary/aromatic N) is 1. The summed E-state index contributed by atoms with van der Waals surface area (Å²) >= 11 is 5.88. The number of morpholine rings is 1. The van der Waals surface area contributed by atoms with Crippen molar-refractivity contribution < 1.29 is 14.3 Å². The molecule has 1 fully saturated rings. The highest BCUT2D eigenvalue weighted by Gasteiger charge is 2.27. The van der Waals surface area contributed by atoms with Gasteiger partial charge in [0.15, 0.2) is 0 Å². The van der Waals surface area contributed by atoms with E-state index in [1.165, 1.54) is 0 Å². The van der Waals surface area contributed by atoms with Gasteiger partial charge in [0, 0.05) is 36.8 Å². The molecule has 4 unspecified atom stereocenters. The van der Waals surface area contributed by atoms with Crippen LogP contribution >= 0.6 is 11.6 Å². The number of benzene rings is 1. The minimum absolute atomic E-state index is 0.0275. The van der Waals surface area contributed by atoms with Crippen molar-refractivity contribution in [3.63, 3.8) is 0 Å². The fraction of sp³-hybridized carbons (Fsp3) is 0.619. The first-order valence-corrected chi connectivity index (χ1v) is 10.4. The highest BCUT2D eigenvalue weighted by atomic mass is 35.5. The van der Waals surface area contributed by atoms with E-state index in [1.807, 2.05) is 13.8 Å². The Morgan fingerprint density at radius 1 is 1.21 bits per heavy atom. The van der Waals surface area contributed by atoms with Crippen molar-refractivity contribution in [1.82, 2.24) is 15.5 Å². The normalized spacial score (nSPS) is 22.3. The summed E-state index contributed by atoms with van der Waals surface area (Å²) in [7, 11) is 0. The molecule has 1 saturated heterocycles. The molecule has 0 spiro atoms. The molecule has 0 aliphatic carbocycles. The van der Waals surface area contributed by atoms with Crippen LogP contribution in [0.4, 0.5) is 0 Å². The van der Waals surface area contributed by atoms with Crippen molar-refractivity contribution in [3.05, 3.63) is 34.9 Å². The van der Waals surface area contributed by atoms with Gasteiger partial charge in [0.1, 0.15) is 6.04 Å². The smallest absolute Gasteiger partial charge is 0.251 e. The summed E-state index contributed by atoms with van der Waals surface area (Å²) in [6, 6.07) is 6.07. The first kappa shape index (κ1) is 22.7. The van der Waals surface area contributed by atoms with E-state index in [1.54, 1.807) is 24.3 Å². The topological polar surface area (TPSA) is 70.7 Å². The van der Waals surface area contributed by atoms with Gasteiger partial charge in [-0.3, -0.25) is 14.5 Å². The Balaban J connectivity index is 1.89. The van der Waals surface area contributed by atoms with Crippen molar-refractivity contribution >= 4 is 23.4 Å². The molecule has 1 heterocycles. The van der Waals surface area contributed by atoms with Gasteiger partial charge in [0.05, 0.1) is 12.2 Å². The summed E-state index contributed by atoms with van der Waals surface area (Å²) in [6.45, 7) is 11.1. The molecule has 0 bridgehead atoms. The maximum absolute atomic E-state index is 12.7. The number of carbonyl (C=O) groups excluding carboxylic acids is 2. The minimum atomic E-state index is -0.573. The number of halogens is 1. The molecule has 1 aromatic rings. The van der Waals surface area contributed by atoms with E-state index in [-0.39, 0.29) is 29.9 Å². The predicted molar refractivity (Wildman–Crippen MR) is 112 cm³/mol. The van der Waals surface area contributed by atoms with Gasteiger partial charge in [-0.05, 0) is 44.0 Å². The standard InChI is InChI=1S/C21H32ClN3O3/c1-5-14(2)19(24-20(26)17-6-8-18(22)9-7-17)21(27)23-10-11-25-12-15(3)28-16(4)13-25/h6-9,14-16,19H,5,10-13H2,1-4H3,(H,23,27)(H,24,26). The van der Waals surface area contributed by atoms with Gasteiger partial charge in [-0.25, -0.2) is 0 Å². The minimum Gasteiger partial charge on any atom is -0.373 e. The third kappa shape index (κ3) is 6.76. The van der Waals surface area contributed by atoms with Gasteiger partial charge in [-0.15, -0.1) is 0 Å². The fourth-order valence-electron chi connectivity index (χ4n) is 3.44. The molecule has 1 aliphatic heterocycles. The third-order valence-electron chi connectivity index (χ3n) is 5.11. The molecule has 156 valence electrons. The average molecular weight is 410 g/mol. The van der Waals surface area contributed by atoms with Crippen LogP contribution in [0.25, 0.3) is 0 Å². The monoisotopic (exact) mass is 409 g/mol. The number of hydrogen-bond acceptors (Lipinski definition) is 4. The quantitative estimate of drug-likeness (QED) is 0.692. The summed E-state index contributed by atoms with van der Waals surface area (Å²) in [5.41, 5.74) is 0.488.